The highest BCUT2D eigenvalue weighted by molar-refractivity contribution is 5.93. The molecule has 0 radical (unpaired) electrons. The summed E-state index contributed by atoms with van der Waals surface area (Å²) < 4.78 is 2.13. The maximum Gasteiger partial charge on any atom is 0.270 e. The molecule has 3 aliphatic rings. The summed E-state index contributed by atoms with van der Waals surface area (Å²) in [5.41, 5.74) is 0.288. The minimum atomic E-state index is -0.532. The molecule has 2 aliphatic carbocycles. The molecule has 0 aromatic carbocycles. The molecule has 2 saturated carbocycles. The van der Waals surface area contributed by atoms with Gasteiger partial charge in [-0.15, -0.1) is 0 Å². The molecule has 1 aromatic heterocycles. The van der Waals surface area contributed by atoms with Gasteiger partial charge in [0.25, 0.3) is 5.91 Å². The summed E-state index contributed by atoms with van der Waals surface area (Å²) in [5, 5.41) is 10.8. The van der Waals surface area contributed by atoms with Crippen molar-refractivity contribution >= 4 is 5.91 Å². The zero-order valence-electron chi connectivity index (χ0n) is 12.7. The number of rotatable bonds is 3. The summed E-state index contributed by atoms with van der Waals surface area (Å²) in [6.45, 7) is 3.46. The van der Waals surface area contributed by atoms with Crippen LogP contribution in [0, 0.1) is 11.8 Å². The molecule has 2 heterocycles. The lowest BCUT2D eigenvalue weighted by molar-refractivity contribution is -0.0753. The molecular weight excluding hydrogens is 264 g/mol. The Morgan fingerprint density at radius 2 is 2.10 bits per heavy atom. The molecular formula is C17H24N2O2. The number of amides is 1. The molecule has 1 aromatic rings. The van der Waals surface area contributed by atoms with Crippen molar-refractivity contribution in [3.05, 3.63) is 24.0 Å². The molecule has 4 nitrogen and oxygen atoms in total. The van der Waals surface area contributed by atoms with Gasteiger partial charge in [-0.05, 0) is 50.2 Å². The summed E-state index contributed by atoms with van der Waals surface area (Å²) in [7, 11) is 0. The van der Waals surface area contributed by atoms with Gasteiger partial charge in [-0.25, -0.2) is 0 Å². The summed E-state index contributed by atoms with van der Waals surface area (Å²) in [6.07, 6.45) is 7.44. The van der Waals surface area contributed by atoms with Crippen LogP contribution in [0.15, 0.2) is 18.3 Å². The number of piperidine rings is 1. The second kappa shape index (κ2) is 4.60. The van der Waals surface area contributed by atoms with Crippen LogP contribution in [0.25, 0.3) is 0 Å². The van der Waals surface area contributed by atoms with E-state index in [2.05, 4.69) is 11.5 Å². The fourth-order valence-electron chi connectivity index (χ4n) is 3.92. The smallest absolute Gasteiger partial charge is 0.270 e. The van der Waals surface area contributed by atoms with E-state index < -0.39 is 5.60 Å². The zero-order chi connectivity index (χ0) is 14.6. The van der Waals surface area contributed by atoms with Gasteiger partial charge >= 0.3 is 0 Å². The number of aromatic nitrogens is 1. The van der Waals surface area contributed by atoms with Crippen LogP contribution in [0.1, 0.15) is 55.6 Å². The summed E-state index contributed by atoms with van der Waals surface area (Å²) in [6, 6.07) is 4.44. The standard InChI is InChI=1S/C17H24N2O2/c1-12-11-18(10-8-17(12,21)13-4-5-13)16(20)15-3-2-9-19(15)14-6-7-14/h2-3,9,12-14,21H,4-8,10-11H2,1H3/t12-,17+/m1/s1. The molecule has 3 fully saturated rings. The predicted molar refractivity (Wildman–Crippen MR) is 80.1 cm³/mol. The first-order valence-electron chi connectivity index (χ1n) is 8.28. The quantitative estimate of drug-likeness (QED) is 0.928. The summed E-state index contributed by atoms with van der Waals surface area (Å²) in [4.78, 5) is 14.7. The van der Waals surface area contributed by atoms with E-state index in [-0.39, 0.29) is 11.8 Å². The lowest BCUT2D eigenvalue weighted by atomic mass is 9.78. The minimum absolute atomic E-state index is 0.136. The number of carbonyl (C=O) groups is 1. The van der Waals surface area contributed by atoms with Crippen molar-refractivity contribution in [2.45, 2.75) is 50.7 Å². The normalized spacial score (nSPS) is 33.2. The molecule has 1 N–H and O–H groups in total. The maximum absolute atomic E-state index is 12.8. The third kappa shape index (κ3) is 2.20. The Labute approximate surface area is 125 Å². The third-order valence-corrected chi connectivity index (χ3v) is 5.64. The van der Waals surface area contributed by atoms with Gasteiger partial charge in [-0.3, -0.25) is 4.79 Å². The van der Waals surface area contributed by atoms with E-state index in [1.165, 1.54) is 12.8 Å². The van der Waals surface area contributed by atoms with Crippen molar-refractivity contribution in [1.29, 1.82) is 0 Å². The van der Waals surface area contributed by atoms with E-state index in [1.54, 1.807) is 0 Å². The van der Waals surface area contributed by atoms with Gasteiger partial charge in [0, 0.05) is 31.2 Å². The second-order valence-electron chi connectivity index (χ2n) is 7.20. The highest BCUT2D eigenvalue weighted by atomic mass is 16.3. The Hall–Kier alpha value is -1.29. The molecule has 1 aliphatic heterocycles. The highest BCUT2D eigenvalue weighted by Gasteiger charge is 2.50. The number of hydrogen-bond donors (Lipinski definition) is 1. The van der Waals surface area contributed by atoms with E-state index >= 15 is 0 Å². The number of carbonyl (C=O) groups excluding carboxylic acids is 1. The van der Waals surface area contributed by atoms with Gasteiger partial charge in [0.2, 0.25) is 0 Å². The summed E-state index contributed by atoms with van der Waals surface area (Å²) >= 11 is 0. The molecule has 114 valence electrons. The first-order chi connectivity index (χ1) is 10.1. The van der Waals surface area contributed by atoms with Crippen molar-refractivity contribution in [3.8, 4) is 0 Å². The molecule has 21 heavy (non-hydrogen) atoms. The Balaban J connectivity index is 1.49. The molecule has 1 amide bonds. The SMILES string of the molecule is C[C@@H]1CN(C(=O)c2cccn2C2CC2)CC[C@@]1(O)C1CC1. The van der Waals surface area contributed by atoms with Crippen LogP contribution >= 0.6 is 0 Å². The largest absolute Gasteiger partial charge is 0.389 e. The van der Waals surface area contributed by atoms with Gasteiger partial charge in [-0.1, -0.05) is 6.92 Å². The van der Waals surface area contributed by atoms with Crippen molar-refractivity contribution < 1.29 is 9.90 Å². The topological polar surface area (TPSA) is 45.5 Å². The van der Waals surface area contributed by atoms with E-state index in [0.29, 0.717) is 25.0 Å². The number of hydrogen-bond acceptors (Lipinski definition) is 2. The van der Waals surface area contributed by atoms with E-state index in [1.807, 2.05) is 23.2 Å². The fourth-order valence-corrected chi connectivity index (χ4v) is 3.92. The van der Waals surface area contributed by atoms with E-state index in [0.717, 1.165) is 25.0 Å². The lowest BCUT2D eigenvalue weighted by Gasteiger charge is -2.43. The van der Waals surface area contributed by atoms with Gasteiger partial charge in [0.05, 0.1) is 5.60 Å². The Morgan fingerprint density at radius 3 is 2.71 bits per heavy atom. The van der Waals surface area contributed by atoms with Crippen LogP contribution < -0.4 is 0 Å². The van der Waals surface area contributed by atoms with Crippen molar-refractivity contribution in [3.63, 3.8) is 0 Å². The van der Waals surface area contributed by atoms with Crippen LogP contribution in [0.3, 0.4) is 0 Å². The number of likely N-dealkylation sites (tertiary alicyclic amines) is 1. The van der Waals surface area contributed by atoms with Crippen LogP contribution in [-0.4, -0.2) is 39.2 Å². The number of aliphatic hydroxyl groups is 1. The van der Waals surface area contributed by atoms with Gasteiger partial charge < -0.3 is 14.6 Å². The first kappa shape index (κ1) is 13.4. The third-order valence-electron chi connectivity index (χ3n) is 5.64. The lowest BCUT2D eigenvalue weighted by Crippen LogP contribution is -2.53. The molecule has 4 heteroatoms. The Kier molecular flexibility index (Phi) is 2.93. The van der Waals surface area contributed by atoms with E-state index in [9.17, 15) is 9.90 Å². The van der Waals surface area contributed by atoms with E-state index in [4.69, 9.17) is 0 Å². The van der Waals surface area contributed by atoms with Gasteiger partial charge in [0.1, 0.15) is 5.69 Å². The summed E-state index contributed by atoms with van der Waals surface area (Å²) in [5.74, 6) is 0.781. The minimum Gasteiger partial charge on any atom is -0.389 e. The molecule has 1 saturated heterocycles. The predicted octanol–water partition coefficient (Wildman–Crippen LogP) is 2.45. The average molecular weight is 288 g/mol. The second-order valence-corrected chi connectivity index (χ2v) is 7.20. The first-order valence-corrected chi connectivity index (χ1v) is 8.28. The zero-order valence-corrected chi connectivity index (χ0v) is 12.7. The highest BCUT2D eigenvalue weighted by Crippen LogP contribution is 2.47. The van der Waals surface area contributed by atoms with Gasteiger partial charge in [-0.2, -0.15) is 0 Å². The molecule has 0 unspecified atom stereocenters. The Bertz CT molecular complexity index is 559. The average Bonchev–Trinajstić information content (AvgIpc) is 3.39. The van der Waals surface area contributed by atoms with Crippen LogP contribution in [0.2, 0.25) is 0 Å². The van der Waals surface area contributed by atoms with Crippen molar-refractivity contribution in [2.24, 2.45) is 11.8 Å². The number of nitrogens with zero attached hydrogens (tertiary/aromatic N) is 2. The molecule has 0 bridgehead atoms. The molecule has 4 rings (SSSR count). The van der Waals surface area contributed by atoms with Crippen LogP contribution in [0.5, 0.6) is 0 Å². The maximum atomic E-state index is 12.8. The van der Waals surface area contributed by atoms with Crippen molar-refractivity contribution in [1.82, 2.24) is 9.47 Å². The molecule has 2 atom stereocenters. The van der Waals surface area contributed by atoms with Gasteiger partial charge in [0.15, 0.2) is 0 Å². The fraction of sp³-hybridized carbons (Fsp3) is 0.706. The molecule has 0 spiro atoms. The van der Waals surface area contributed by atoms with Crippen molar-refractivity contribution in [2.75, 3.05) is 13.1 Å². The monoisotopic (exact) mass is 288 g/mol. The van der Waals surface area contributed by atoms with Crippen LogP contribution in [-0.2, 0) is 0 Å². The van der Waals surface area contributed by atoms with Crippen LogP contribution in [0.4, 0.5) is 0 Å². The Morgan fingerprint density at radius 1 is 1.33 bits per heavy atom.